The number of hydrogen-bond donors (Lipinski definition) is 2. The standard InChI is InChI=1S/C25H20BrF2NO5S/c1-13-4-6-14(7-5-13)18-12-25(2,3)34-23-17(18)10-16(11-19(23)26)35(32,33)29-15-8-20(27)22(24(30)31)21(28)9-15/h4-12,29H,1-3H3,(H,30,31). The highest BCUT2D eigenvalue weighted by Crippen LogP contribution is 2.45. The second kappa shape index (κ2) is 8.76. The van der Waals surface area contributed by atoms with E-state index in [4.69, 9.17) is 9.84 Å². The van der Waals surface area contributed by atoms with E-state index in [2.05, 4.69) is 20.7 Å². The largest absolute Gasteiger partial charge is 0.482 e. The average Bonchev–Trinajstić information content (AvgIpc) is 2.72. The summed E-state index contributed by atoms with van der Waals surface area (Å²) in [6.45, 7) is 5.72. The van der Waals surface area contributed by atoms with Crippen LogP contribution in [0.25, 0.3) is 5.57 Å². The summed E-state index contributed by atoms with van der Waals surface area (Å²) in [7, 11) is -4.32. The van der Waals surface area contributed by atoms with Gasteiger partial charge in [0.25, 0.3) is 10.0 Å². The van der Waals surface area contributed by atoms with E-state index >= 15 is 0 Å². The molecular weight excluding hydrogens is 544 g/mol. The molecule has 10 heteroatoms. The third-order valence-electron chi connectivity index (χ3n) is 5.35. The molecule has 1 heterocycles. The predicted octanol–water partition coefficient (Wildman–Crippen LogP) is 6.14. The first-order valence-electron chi connectivity index (χ1n) is 10.4. The molecule has 3 aromatic carbocycles. The molecule has 0 aliphatic carbocycles. The van der Waals surface area contributed by atoms with Crippen LogP contribution >= 0.6 is 15.9 Å². The number of anilines is 1. The first-order chi connectivity index (χ1) is 16.3. The molecule has 0 bridgehead atoms. The molecule has 1 aliphatic rings. The average molecular weight is 564 g/mol. The third kappa shape index (κ3) is 4.94. The van der Waals surface area contributed by atoms with Crippen molar-refractivity contribution in [3.8, 4) is 5.75 Å². The van der Waals surface area contributed by atoms with Gasteiger partial charge in [0, 0.05) is 5.56 Å². The summed E-state index contributed by atoms with van der Waals surface area (Å²) in [5.74, 6) is -4.15. The van der Waals surface area contributed by atoms with Crippen LogP contribution in [0.2, 0.25) is 0 Å². The van der Waals surface area contributed by atoms with Crippen LogP contribution in [0.15, 0.2) is 64.0 Å². The summed E-state index contributed by atoms with van der Waals surface area (Å²) in [6.07, 6.45) is 1.89. The monoisotopic (exact) mass is 563 g/mol. The zero-order chi connectivity index (χ0) is 25.7. The van der Waals surface area contributed by atoms with Crippen molar-refractivity contribution in [2.75, 3.05) is 4.72 Å². The molecule has 182 valence electrons. The van der Waals surface area contributed by atoms with Gasteiger partial charge in [-0.25, -0.2) is 22.0 Å². The second-order valence-electron chi connectivity index (χ2n) is 8.64. The Morgan fingerprint density at radius 3 is 2.23 bits per heavy atom. The molecule has 0 saturated heterocycles. The topological polar surface area (TPSA) is 92.7 Å². The molecule has 0 spiro atoms. The minimum absolute atomic E-state index is 0.187. The smallest absolute Gasteiger partial charge is 0.341 e. The number of rotatable bonds is 5. The maximum absolute atomic E-state index is 14.1. The van der Waals surface area contributed by atoms with Gasteiger partial charge in [0.05, 0.1) is 15.1 Å². The summed E-state index contributed by atoms with van der Waals surface area (Å²) in [6, 6.07) is 11.7. The van der Waals surface area contributed by atoms with Crippen molar-refractivity contribution >= 4 is 43.2 Å². The van der Waals surface area contributed by atoms with Gasteiger partial charge in [-0.2, -0.15) is 0 Å². The first-order valence-corrected chi connectivity index (χ1v) is 12.6. The lowest BCUT2D eigenvalue weighted by Crippen LogP contribution is -2.29. The number of benzene rings is 3. The number of ether oxygens (including phenoxy) is 1. The van der Waals surface area contributed by atoms with Crippen molar-refractivity contribution in [3.63, 3.8) is 0 Å². The number of hydrogen-bond acceptors (Lipinski definition) is 4. The van der Waals surface area contributed by atoms with Crippen molar-refractivity contribution in [2.45, 2.75) is 31.3 Å². The molecule has 0 atom stereocenters. The quantitative estimate of drug-likeness (QED) is 0.389. The Labute approximate surface area is 209 Å². The van der Waals surface area contributed by atoms with E-state index in [-0.39, 0.29) is 4.90 Å². The summed E-state index contributed by atoms with van der Waals surface area (Å²) < 4.78 is 63.0. The van der Waals surface area contributed by atoms with E-state index in [9.17, 15) is 22.0 Å². The fraction of sp³-hybridized carbons (Fsp3) is 0.160. The van der Waals surface area contributed by atoms with Gasteiger partial charge in [-0.05, 0) is 78.2 Å². The van der Waals surface area contributed by atoms with Crippen LogP contribution in [0.1, 0.15) is 40.9 Å². The fourth-order valence-electron chi connectivity index (χ4n) is 3.77. The molecule has 2 N–H and O–H groups in total. The molecule has 0 radical (unpaired) electrons. The minimum atomic E-state index is -4.32. The van der Waals surface area contributed by atoms with E-state index in [1.54, 1.807) is 0 Å². The Bertz CT molecular complexity index is 1480. The number of sulfonamides is 1. The fourth-order valence-corrected chi connectivity index (χ4v) is 5.55. The minimum Gasteiger partial charge on any atom is -0.482 e. The van der Waals surface area contributed by atoms with Gasteiger partial charge in [0.1, 0.15) is 28.5 Å². The number of fused-ring (bicyclic) bond motifs is 1. The SMILES string of the molecule is Cc1ccc(C2=CC(C)(C)Oc3c(Br)cc(S(=O)(=O)Nc4cc(F)c(C(=O)O)c(F)c4)cc32)cc1. The van der Waals surface area contributed by atoms with Crippen LogP contribution in [0.5, 0.6) is 5.75 Å². The lowest BCUT2D eigenvalue weighted by Gasteiger charge is -2.32. The number of carboxylic acid groups (broad SMARTS) is 1. The molecule has 4 rings (SSSR count). The van der Waals surface area contributed by atoms with Gasteiger partial charge in [0.15, 0.2) is 0 Å². The molecular formula is C25H20BrF2NO5S. The van der Waals surface area contributed by atoms with E-state index in [0.717, 1.165) is 16.7 Å². The summed E-state index contributed by atoms with van der Waals surface area (Å²) in [4.78, 5) is 10.8. The van der Waals surface area contributed by atoms with Crippen LogP contribution in [0.4, 0.5) is 14.5 Å². The summed E-state index contributed by atoms with van der Waals surface area (Å²) in [5.41, 5.74) is 0.906. The van der Waals surface area contributed by atoms with Gasteiger partial charge in [0.2, 0.25) is 0 Å². The molecule has 1 aliphatic heterocycles. The lowest BCUT2D eigenvalue weighted by molar-refractivity contribution is 0.0686. The second-order valence-corrected chi connectivity index (χ2v) is 11.2. The number of nitrogens with one attached hydrogen (secondary N) is 1. The number of aryl methyl sites for hydroxylation is 1. The molecule has 0 amide bonds. The van der Waals surface area contributed by atoms with Gasteiger partial charge < -0.3 is 9.84 Å². The van der Waals surface area contributed by atoms with Gasteiger partial charge in [-0.1, -0.05) is 29.8 Å². The Morgan fingerprint density at radius 2 is 1.66 bits per heavy atom. The summed E-state index contributed by atoms with van der Waals surface area (Å²) in [5, 5.41) is 8.92. The van der Waals surface area contributed by atoms with Gasteiger partial charge in [-0.15, -0.1) is 0 Å². The Balaban J connectivity index is 1.80. The van der Waals surface area contributed by atoms with Crippen LogP contribution in [0.3, 0.4) is 0 Å². The molecule has 0 aromatic heterocycles. The first kappa shape index (κ1) is 24.9. The molecule has 6 nitrogen and oxygen atoms in total. The maximum atomic E-state index is 14.1. The number of carbonyl (C=O) groups is 1. The molecule has 35 heavy (non-hydrogen) atoms. The van der Waals surface area contributed by atoms with Crippen molar-refractivity contribution < 1.29 is 31.8 Å². The Hall–Kier alpha value is -3.24. The van der Waals surface area contributed by atoms with E-state index in [0.29, 0.717) is 27.9 Å². The third-order valence-corrected chi connectivity index (χ3v) is 7.30. The highest BCUT2D eigenvalue weighted by atomic mass is 79.9. The number of aromatic carboxylic acids is 1. The van der Waals surface area contributed by atoms with Gasteiger partial charge in [-0.3, -0.25) is 4.72 Å². The zero-order valence-electron chi connectivity index (χ0n) is 18.8. The molecule has 0 unspecified atom stereocenters. The van der Waals surface area contributed by atoms with Crippen LogP contribution in [-0.2, 0) is 10.0 Å². The predicted molar refractivity (Wildman–Crippen MR) is 131 cm³/mol. The van der Waals surface area contributed by atoms with Crippen LogP contribution in [0, 0.1) is 18.6 Å². The van der Waals surface area contributed by atoms with E-state index in [1.807, 2.05) is 51.1 Å². The van der Waals surface area contributed by atoms with E-state index in [1.165, 1.54) is 12.1 Å². The number of carboxylic acids is 1. The number of halogens is 3. The van der Waals surface area contributed by atoms with E-state index < -0.39 is 44.5 Å². The van der Waals surface area contributed by atoms with Gasteiger partial charge >= 0.3 is 5.97 Å². The normalized spacial score (nSPS) is 14.5. The highest BCUT2D eigenvalue weighted by molar-refractivity contribution is 9.10. The molecule has 0 saturated carbocycles. The van der Waals surface area contributed by atoms with Crippen LogP contribution < -0.4 is 9.46 Å². The summed E-state index contributed by atoms with van der Waals surface area (Å²) >= 11 is 3.39. The van der Waals surface area contributed by atoms with Crippen molar-refractivity contribution in [1.82, 2.24) is 0 Å². The zero-order valence-corrected chi connectivity index (χ0v) is 21.2. The van der Waals surface area contributed by atoms with Crippen molar-refractivity contribution in [2.24, 2.45) is 0 Å². The maximum Gasteiger partial charge on any atom is 0.341 e. The van der Waals surface area contributed by atoms with Crippen LogP contribution in [-0.4, -0.2) is 25.1 Å². The Morgan fingerprint density at radius 1 is 1.06 bits per heavy atom. The molecule has 0 fully saturated rings. The van der Waals surface area contributed by atoms with Crippen molar-refractivity contribution in [1.29, 1.82) is 0 Å². The molecule has 3 aromatic rings. The lowest BCUT2D eigenvalue weighted by atomic mass is 9.90. The van der Waals surface area contributed by atoms with Crippen molar-refractivity contribution in [3.05, 3.63) is 93.0 Å². The Kier molecular flexibility index (Phi) is 6.23. The highest BCUT2D eigenvalue weighted by Gasteiger charge is 2.31.